The summed E-state index contributed by atoms with van der Waals surface area (Å²) in [5.74, 6) is 1.41. The summed E-state index contributed by atoms with van der Waals surface area (Å²) in [5.41, 5.74) is 1.27. The Bertz CT molecular complexity index is 670. The molecule has 0 saturated carbocycles. The second-order valence-electron chi connectivity index (χ2n) is 6.86. The number of likely N-dealkylation sites (tertiary alicyclic amines) is 1. The van der Waals surface area contributed by atoms with Crippen LogP contribution < -0.4 is 5.32 Å². The molecule has 5 nitrogen and oxygen atoms in total. The fraction of sp³-hybridized carbons (Fsp3) is 0.474. The zero-order valence-electron chi connectivity index (χ0n) is 13.8. The van der Waals surface area contributed by atoms with Crippen LogP contribution in [-0.4, -0.2) is 40.2 Å². The summed E-state index contributed by atoms with van der Waals surface area (Å²) in [5, 5.41) is 7.70. The zero-order valence-corrected chi connectivity index (χ0v) is 13.8. The number of fused-ring (bicyclic) bond motifs is 1. The number of aryl methyl sites for hydroxylation is 1. The number of aromatic nitrogens is 2. The van der Waals surface area contributed by atoms with Crippen LogP contribution in [0.5, 0.6) is 0 Å². The first kappa shape index (κ1) is 15.4. The van der Waals surface area contributed by atoms with Crippen LogP contribution in [0.2, 0.25) is 0 Å². The Morgan fingerprint density at radius 3 is 2.88 bits per heavy atom. The first-order valence-electron chi connectivity index (χ1n) is 8.85. The van der Waals surface area contributed by atoms with E-state index < -0.39 is 0 Å². The van der Waals surface area contributed by atoms with Gasteiger partial charge in [-0.05, 0) is 24.0 Å². The molecule has 1 N–H and O–H groups in total. The topological polar surface area (TPSA) is 50.2 Å². The van der Waals surface area contributed by atoms with E-state index in [2.05, 4.69) is 39.6 Å². The molecule has 3 heterocycles. The van der Waals surface area contributed by atoms with Crippen molar-refractivity contribution >= 4 is 5.91 Å². The molecule has 4 rings (SSSR count). The summed E-state index contributed by atoms with van der Waals surface area (Å²) in [6, 6.07) is 12.7. The third-order valence-electron chi connectivity index (χ3n) is 5.36. The van der Waals surface area contributed by atoms with Crippen molar-refractivity contribution in [1.82, 2.24) is 20.0 Å². The maximum Gasteiger partial charge on any atom is 0.223 e. The molecular formula is C19H24N4O. The fourth-order valence-electron chi connectivity index (χ4n) is 4.22. The van der Waals surface area contributed by atoms with Gasteiger partial charge >= 0.3 is 0 Å². The van der Waals surface area contributed by atoms with Crippen LogP contribution >= 0.6 is 0 Å². The Balaban J connectivity index is 1.45. The van der Waals surface area contributed by atoms with Gasteiger partial charge in [0.1, 0.15) is 0 Å². The van der Waals surface area contributed by atoms with E-state index in [4.69, 9.17) is 0 Å². The molecule has 2 fully saturated rings. The fourth-order valence-corrected chi connectivity index (χ4v) is 4.22. The van der Waals surface area contributed by atoms with Gasteiger partial charge in [-0.3, -0.25) is 9.48 Å². The minimum atomic E-state index is 0.225. The molecule has 24 heavy (non-hydrogen) atoms. The van der Waals surface area contributed by atoms with E-state index in [1.807, 2.05) is 23.0 Å². The maximum absolute atomic E-state index is 12.9. The van der Waals surface area contributed by atoms with Crippen LogP contribution in [0.3, 0.4) is 0 Å². The number of nitrogens with one attached hydrogen (secondary N) is 1. The van der Waals surface area contributed by atoms with Crippen LogP contribution in [0.1, 0.15) is 24.4 Å². The van der Waals surface area contributed by atoms with Crippen molar-refractivity contribution in [1.29, 1.82) is 0 Å². The molecule has 0 aliphatic carbocycles. The molecule has 2 saturated heterocycles. The summed E-state index contributed by atoms with van der Waals surface area (Å²) in [7, 11) is 0. The van der Waals surface area contributed by atoms with Gasteiger partial charge < -0.3 is 10.2 Å². The summed E-state index contributed by atoms with van der Waals surface area (Å²) in [6.45, 7) is 3.74. The molecule has 3 atom stereocenters. The van der Waals surface area contributed by atoms with Crippen LogP contribution in [0.15, 0.2) is 48.8 Å². The van der Waals surface area contributed by atoms with E-state index in [1.165, 1.54) is 5.56 Å². The highest BCUT2D eigenvalue weighted by molar-refractivity contribution is 5.77. The number of hydrogen-bond acceptors (Lipinski definition) is 3. The van der Waals surface area contributed by atoms with Crippen molar-refractivity contribution in [3.05, 3.63) is 54.4 Å². The molecule has 0 unspecified atom stereocenters. The van der Waals surface area contributed by atoms with Gasteiger partial charge in [0.15, 0.2) is 0 Å². The molecule has 1 aromatic carbocycles. The number of hydrogen-bond donors (Lipinski definition) is 1. The van der Waals surface area contributed by atoms with E-state index in [9.17, 15) is 4.79 Å². The Hall–Kier alpha value is -2.14. The van der Waals surface area contributed by atoms with Gasteiger partial charge in [0.2, 0.25) is 5.91 Å². The van der Waals surface area contributed by atoms with Crippen molar-refractivity contribution in [2.24, 2.45) is 11.8 Å². The lowest BCUT2D eigenvalue weighted by Gasteiger charge is -2.28. The minimum absolute atomic E-state index is 0.225. The van der Waals surface area contributed by atoms with Gasteiger partial charge in [-0.25, -0.2) is 0 Å². The average Bonchev–Trinajstić information content (AvgIpc) is 3.32. The maximum atomic E-state index is 12.9. The lowest BCUT2D eigenvalue weighted by Crippen LogP contribution is -2.34. The molecule has 0 bridgehead atoms. The third-order valence-corrected chi connectivity index (χ3v) is 5.36. The van der Waals surface area contributed by atoms with Gasteiger partial charge in [0.05, 0.1) is 6.04 Å². The predicted octanol–water partition coefficient (Wildman–Crippen LogP) is 2.08. The number of benzene rings is 1. The Labute approximate surface area is 142 Å². The van der Waals surface area contributed by atoms with Gasteiger partial charge in [-0.1, -0.05) is 30.3 Å². The zero-order chi connectivity index (χ0) is 16.4. The van der Waals surface area contributed by atoms with Crippen LogP contribution in [0, 0.1) is 11.8 Å². The smallest absolute Gasteiger partial charge is 0.223 e. The second kappa shape index (κ2) is 6.77. The lowest BCUT2D eigenvalue weighted by molar-refractivity contribution is -0.132. The van der Waals surface area contributed by atoms with Crippen LogP contribution in [-0.2, 0) is 11.3 Å². The number of nitrogens with zero attached hydrogens (tertiary/aromatic N) is 3. The largest absolute Gasteiger partial charge is 0.335 e. The molecule has 1 amide bonds. The molecule has 2 aliphatic rings. The first-order valence-corrected chi connectivity index (χ1v) is 8.85. The van der Waals surface area contributed by atoms with Gasteiger partial charge in [0, 0.05) is 50.9 Å². The number of carbonyl (C=O) groups is 1. The Morgan fingerprint density at radius 1 is 1.21 bits per heavy atom. The number of amides is 1. The predicted molar refractivity (Wildman–Crippen MR) is 92.2 cm³/mol. The molecule has 0 spiro atoms. The highest BCUT2D eigenvalue weighted by Gasteiger charge is 2.46. The van der Waals surface area contributed by atoms with Crippen LogP contribution in [0.25, 0.3) is 0 Å². The highest BCUT2D eigenvalue weighted by atomic mass is 16.2. The van der Waals surface area contributed by atoms with E-state index in [-0.39, 0.29) is 11.9 Å². The van der Waals surface area contributed by atoms with Crippen LogP contribution in [0.4, 0.5) is 0 Å². The van der Waals surface area contributed by atoms with E-state index in [0.717, 1.165) is 32.6 Å². The average molecular weight is 324 g/mol. The van der Waals surface area contributed by atoms with E-state index in [1.54, 1.807) is 6.20 Å². The molecule has 0 radical (unpaired) electrons. The van der Waals surface area contributed by atoms with Crippen molar-refractivity contribution in [3.8, 4) is 0 Å². The Kier molecular flexibility index (Phi) is 4.34. The monoisotopic (exact) mass is 324 g/mol. The third kappa shape index (κ3) is 2.96. The summed E-state index contributed by atoms with van der Waals surface area (Å²) >= 11 is 0. The molecule has 2 aromatic rings. The molecule has 5 heteroatoms. The summed E-state index contributed by atoms with van der Waals surface area (Å²) < 4.78 is 1.89. The molecule has 126 valence electrons. The van der Waals surface area contributed by atoms with Gasteiger partial charge in [-0.15, -0.1) is 0 Å². The summed E-state index contributed by atoms with van der Waals surface area (Å²) in [6.07, 6.45) is 5.16. The quantitative estimate of drug-likeness (QED) is 0.916. The normalized spacial score (nSPS) is 25.8. The van der Waals surface area contributed by atoms with E-state index in [0.29, 0.717) is 18.3 Å². The van der Waals surface area contributed by atoms with Crippen molar-refractivity contribution in [2.45, 2.75) is 25.4 Å². The summed E-state index contributed by atoms with van der Waals surface area (Å²) in [4.78, 5) is 15.0. The van der Waals surface area contributed by atoms with Crippen molar-refractivity contribution < 1.29 is 4.79 Å². The highest BCUT2D eigenvalue weighted by Crippen LogP contribution is 2.42. The Morgan fingerprint density at radius 2 is 2.08 bits per heavy atom. The minimum Gasteiger partial charge on any atom is -0.335 e. The molecule has 2 aliphatic heterocycles. The second-order valence-corrected chi connectivity index (χ2v) is 6.86. The first-order chi connectivity index (χ1) is 11.8. The van der Waals surface area contributed by atoms with Gasteiger partial charge in [-0.2, -0.15) is 5.10 Å². The SMILES string of the molecule is O=C(CCCn1cccn1)N1C[C@@H]2CNC[C@@H]2[C@@H]1c1ccccc1. The van der Waals surface area contributed by atoms with Gasteiger partial charge in [0.25, 0.3) is 0 Å². The lowest BCUT2D eigenvalue weighted by atomic mass is 9.89. The van der Waals surface area contributed by atoms with Crippen molar-refractivity contribution in [3.63, 3.8) is 0 Å². The van der Waals surface area contributed by atoms with Crippen molar-refractivity contribution in [2.75, 3.05) is 19.6 Å². The number of carbonyl (C=O) groups excluding carboxylic acids is 1. The van der Waals surface area contributed by atoms with E-state index >= 15 is 0 Å². The number of rotatable bonds is 5. The molecule has 1 aromatic heterocycles. The standard InChI is InChI=1S/C19H24N4O/c24-18(8-4-10-22-11-5-9-21-22)23-14-16-12-20-13-17(16)19(23)15-6-2-1-3-7-15/h1-3,5-7,9,11,16-17,19-20H,4,8,10,12-14H2/t16-,17-,19-/m0/s1. The molecular weight excluding hydrogens is 300 g/mol.